The standard InChI is InChI=1S/C10H15N3O2/c1-7(3-4-9(14)15)12-10-11-6-5-8(2)13-10/h5-7H,3-4H2,1-2H3,(H,14,15)(H,11,12,13). The van der Waals surface area contributed by atoms with Crippen molar-refractivity contribution in [3.05, 3.63) is 18.0 Å². The van der Waals surface area contributed by atoms with Gasteiger partial charge in [0.15, 0.2) is 0 Å². The van der Waals surface area contributed by atoms with E-state index in [1.807, 2.05) is 19.9 Å². The summed E-state index contributed by atoms with van der Waals surface area (Å²) in [6.45, 7) is 3.80. The van der Waals surface area contributed by atoms with Gasteiger partial charge in [0.1, 0.15) is 0 Å². The second-order valence-electron chi connectivity index (χ2n) is 3.50. The van der Waals surface area contributed by atoms with Crippen molar-refractivity contribution in [1.29, 1.82) is 0 Å². The first kappa shape index (κ1) is 11.4. The van der Waals surface area contributed by atoms with Crippen molar-refractivity contribution in [3.8, 4) is 0 Å². The largest absolute Gasteiger partial charge is 0.481 e. The van der Waals surface area contributed by atoms with Gasteiger partial charge in [0.05, 0.1) is 0 Å². The Morgan fingerprint density at radius 2 is 2.40 bits per heavy atom. The molecule has 0 aliphatic carbocycles. The highest BCUT2D eigenvalue weighted by atomic mass is 16.4. The number of hydrogen-bond donors (Lipinski definition) is 2. The lowest BCUT2D eigenvalue weighted by atomic mass is 10.2. The highest BCUT2D eigenvalue weighted by molar-refractivity contribution is 5.66. The van der Waals surface area contributed by atoms with Crippen LogP contribution in [-0.2, 0) is 4.79 Å². The van der Waals surface area contributed by atoms with Crippen LogP contribution in [0.25, 0.3) is 0 Å². The second kappa shape index (κ2) is 5.29. The van der Waals surface area contributed by atoms with E-state index in [1.54, 1.807) is 6.20 Å². The van der Waals surface area contributed by atoms with Crippen LogP contribution in [-0.4, -0.2) is 27.1 Å². The maximum absolute atomic E-state index is 10.4. The molecule has 5 heteroatoms. The first-order chi connectivity index (χ1) is 7.08. The van der Waals surface area contributed by atoms with Crippen LogP contribution >= 0.6 is 0 Å². The van der Waals surface area contributed by atoms with Crippen LogP contribution in [0.5, 0.6) is 0 Å². The minimum atomic E-state index is -0.784. The summed E-state index contributed by atoms with van der Waals surface area (Å²) in [6, 6.07) is 1.87. The molecular weight excluding hydrogens is 194 g/mol. The molecule has 2 N–H and O–H groups in total. The van der Waals surface area contributed by atoms with Crippen LogP contribution in [0.1, 0.15) is 25.5 Å². The zero-order valence-corrected chi connectivity index (χ0v) is 8.90. The molecule has 0 amide bonds. The smallest absolute Gasteiger partial charge is 0.303 e. The molecule has 0 saturated carbocycles. The Balaban J connectivity index is 2.44. The molecule has 0 aromatic carbocycles. The summed E-state index contributed by atoms with van der Waals surface area (Å²) in [7, 11) is 0. The van der Waals surface area contributed by atoms with E-state index >= 15 is 0 Å². The maximum atomic E-state index is 10.4. The van der Waals surface area contributed by atoms with E-state index in [4.69, 9.17) is 5.11 Å². The van der Waals surface area contributed by atoms with E-state index < -0.39 is 5.97 Å². The minimum absolute atomic E-state index is 0.0582. The molecule has 0 bridgehead atoms. The van der Waals surface area contributed by atoms with Gasteiger partial charge in [-0.05, 0) is 26.3 Å². The summed E-state index contributed by atoms with van der Waals surface area (Å²) >= 11 is 0. The molecule has 1 unspecified atom stereocenters. The van der Waals surface area contributed by atoms with Crippen LogP contribution < -0.4 is 5.32 Å². The van der Waals surface area contributed by atoms with Crippen molar-refractivity contribution < 1.29 is 9.90 Å². The second-order valence-corrected chi connectivity index (χ2v) is 3.50. The third-order valence-corrected chi connectivity index (χ3v) is 1.96. The zero-order valence-electron chi connectivity index (χ0n) is 8.90. The summed E-state index contributed by atoms with van der Waals surface area (Å²) in [5, 5.41) is 11.6. The van der Waals surface area contributed by atoms with Crippen molar-refractivity contribution in [2.75, 3.05) is 5.32 Å². The van der Waals surface area contributed by atoms with Crippen molar-refractivity contribution in [1.82, 2.24) is 9.97 Å². The van der Waals surface area contributed by atoms with E-state index in [2.05, 4.69) is 15.3 Å². The van der Waals surface area contributed by atoms with Gasteiger partial charge >= 0.3 is 5.97 Å². The van der Waals surface area contributed by atoms with Crippen molar-refractivity contribution in [2.24, 2.45) is 0 Å². The topological polar surface area (TPSA) is 75.1 Å². The van der Waals surface area contributed by atoms with Gasteiger partial charge in [0.2, 0.25) is 5.95 Å². The molecule has 15 heavy (non-hydrogen) atoms. The molecule has 1 aromatic heterocycles. The van der Waals surface area contributed by atoms with E-state index in [0.29, 0.717) is 12.4 Å². The number of nitrogens with zero attached hydrogens (tertiary/aromatic N) is 2. The molecule has 0 fully saturated rings. The molecular formula is C10H15N3O2. The molecule has 1 aromatic rings. The Morgan fingerprint density at radius 3 is 3.00 bits per heavy atom. The Kier molecular flexibility index (Phi) is 4.03. The molecule has 1 heterocycles. The fourth-order valence-electron chi connectivity index (χ4n) is 1.15. The molecule has 1 atom stereocenters. The molecule has 0 saturated heterocycles. The van der Waals surface area contributed by atoms with E-state index in [0.717, 1.165) is 5.69 Å². The van der Waals surface area contributed by atoms with Crippen LogP contribution in [0.15, 0.2) is 12.3 Å². The van der Waals surface area contributed by atoms with Gasteiger partial charge in [0.25, 0.3) is 0 Å². The number of aliphatic carboxylic acids is 1. The van der Waals surface area contributed by atoms with E-state index in [-0.39, 0.29) is 12.5 Å². The molecule has 82 valence electrons. The van der Waals surface area contributed by atoms with Gasteiger partial charge in [-0.3, -0.25) is 4.79 Å². The summed E-state index contributed by atoms with van der Waals surface area (Å²) in [4.78, 5) is 18.6. The highest BCUT2D eigenvalue weighted by Crippen LogP contribution is 2.05. The summed E-state index contributed by atoms with van der Waals surface area (Å²) in [5.74, 6) is -0.235. The lowest BCUT2D eigenvalue weighted by Crippen LogP contribution is -2.18. The predicted octanol–water partition coefficient (Wildman–Crippen LogP) is 1.45. The third-order valence-electron chi connectivity index (χ3n) is 1.96. The summed E-state index contributed by atoms with van der Waals surface area (Å²) in [6.07, 6.45) is 2.39. The molecule has 0 aliphatic heterocycles. The van der Waals surface area contributed by atoms with Crippen LogP contribution in [0.3, 0.4) is 0 Å². The van der Waals surface area contributed by atoms with Gasteiger partial charge in [-0.25, -0.2) is 9.97 Å². The quantitative estimate of drug-likeness (QED) is 0.767. The molecule has 0 spiro atoms. The molecule has 1 rings (SSSR count). The number of aromatic nitrogens is 2. The van der Waals surface area contributed by atoms with E-state index in [1.165, 1.54) is 0 Å². The van der Waals surface area contributed by atoms with Gasteiger partial charge < -0.3 is 10.4 Å². The Labute approximate surface area is 88.6 Å². The van der Waals surface area contributed by atoms with E-state index in [9.17, 15) is 4.79 Å². The number of carboxylic acids is 1. The average molecular weight is 209 g/mol. The summed E-state index contributed by atoms with van der Waals surface area (Å²) in [5.41, 5.74) is 0.887. The first-order valence-corrected chi connectivity index (χ1v) is 4.86. The van der Waals surface area contributed by atoms with Crippen LogP contribution in [0, 0.1) is 6.92 Å². The fourth-order valence-corrected chi connectivity index (χ4v) is 1.15. The Bertz CT molecular complexity index is 341. The number of anilines is 1. The molecule has 0 radical (unpaired) electrons. The third kappa shape index (κ3) is 4.39. The minimum Gasteiger partial charge on any atom is -0.481 e. The highest BCUT2D eigenvalue weighted by Gasteiger charge is 2.06. The number of carboxylic acid groups (broad SMARTS) is 1. The number of rotatable bonds is 5. The fraction of sp³-hybridized carbons (Fsp3) is 0.500. The lowest BCUT2D eigenvalue weighted by Gasteiger charge is -2.12. The number of carbonyl (C=O) groups is 1. The van der Waals surface area contributed by atoms with Crippen LogP contribution in [0.2, 0.25) is 0 Å². The number of aryl methyl sites for hydroxylation is 1. The van der Waals surface area contributed by atoms with Gasteiger partial charge in [0, 0.05) is 24.4 Å². The Morgan fingerprint density at radius 1 is 1.67 bits per heavy atom. The zero-order chi connectivity index (χ0) is 11.3. The van der Waals surface area contributed by atoms with Gasteiger partial charge in [-0.15, -0.1) is 0 Å². The normalized spacial score (nSPS) is 12.1. The van der Waals surface area contributed by atoms with Crippen molar-refractivity contribution >= 4 is 11.9 Å². The first-order valence-electron chi connectivity index (χ1n) is 4.86. The Hall–Kier alpha value is -1.65. The SMILES string of the molecule is Cc1ccnc(NC(C)CCC(=O)O)n1. The number of hydrogen-bond acceptors (Lipinski definition) is 4. The van der Waals surface area contributed by atoms with Crippen molar-refractivity contribution in [3.63, 3.8) is 0 Å². The predicted molar refractivity (Wildman–Crippen MR) is 56.7 cm³/mol. The average Bonchev–Trinajstić information content (AvgIpc) is 2.15. The number of nitrogens with one attached hydrogen (secondary N) is 1. The molecule has 5 nitrogen and oxygen atoms in total. The van der Waals surface area contributed by atoms with Gasteiger partial charge in [-0.2, -0.15) is 0 Å². The lowest BCUT2D eigenvalue weighted by molar-refractivity contribution is -0.137. The molecule has 0 aliphatic rings. The summed E-state index contributed by atoms with van der Waals surface area (Å²) < 4.78 is 0. The van der Waals surface area contributed by atoms with Crippen LogP contribution in [0.4, 0.5) is 5.95 Å². The maximum Gasteiger partial charge on any atom is 0.303 e. The van der Waals surface area contributed by atoms with Crippen molar-refractivity contribution in [2.45, 2.75) is 32.7 Å². The monoisotopic (exact) mass is 209 g/mol. The van der Waals surface area contributed by atoms with Gasteiger partial charge in [-0.1, -0.05) is 0 Å².